The Balaban J connectivity index is 1.94. The van der Waals surface area contributed by atoms with Crippen molar-refractivity contribution in [1.82, 2.24) is 0 Å². The molecule has 2 rings (SSSR count). The summed E-state index contributed by atoms with van der Waals surface area (Å²) in [6.07, 6.45) is 0. The highest BCUT2D eigenvalue weighted by Gasteiger charge is 2.28. The number of amides is 1. The molecule has 0 aliphatic carbocycles. The Morgan fingerprint density at radius 2 is 1.71 bits per heavy atom. The van der Waals surface area contributed by atoms with E-state index in [1.807, 2.05) is 44.2 Å². The zero-order valence-electron chi connectivity index (χ0n) is 12.3. The molecule has 0 aliphatic heterocycles. The molecule has 21 heavy (non-hydrogen) atoms. The van der Waals surface area contributed by atoms with Gasteiger partial charge in [0.05, 0.1) is 5.41 Å². The van der Waals surface area contributed by atoms with Crippen LogP contribution in [0.3, 0.4) is 0 Å². The van der Waals surface area contributed by atoms with E-state index in [1.165, 1.54) is 0 Å². The largest absolute Gasteiger partial charge is 0.492 e. The van der Waals surface area contributed by atoms with Crippen molar-refractivity contribution in [1.29, 1.82) is 0 Å². The molecule has 4 heteroatoms. The monoisotopic (exact) mass is 284 g/mol. The average molecular weight is 284 g/mol. The van der Waals surface area contributed by atoms with Crippen LogP contribution in [-0.2, 0) is 4.79 Å². The maximum Gasteiger partial charge on any atom is 0.233 e. The molecule has 1 amide bonds. The zero-order chi connectivity index (χ0) is 15.3. The summed E-state index contributed by atoms with van der Waals surface area (Å²) in [5, 5.41) is 2.89. The van der Waals surface area contributed by atoms with E-state index in [-0.39, 0.29) is 12.5 Å². The minimum atomic E-state index is -0.642. The minimum Gasteiger partial charge on any atom is -0.492 e. The highest BCUT2D eigenvalue weighted by molar-refractivity contribution is 5.94. The molecule has 0 heterocycles. The van der Waals surface area contributed by atoms with Crippen LogP contribution in [0, 0.1) is 5.41 Å². The number of hydrogen-bond acceptors (Lipinski definition) is 3. The number of nitrogens with one attached hydrogen (secondary N) is 1. The van der Waals surface area contributed by atoms with Crippen LogP contribution in [0.4, 0.5) is 11.4 Å². The number of carbonyl (C=O) groups is 1. The van der Waals surface area contributed by atoms with Crippen molar-refractivity contribution >= 4 is 17.3 Å². The first kappa shape index (κ1) is 14.9. The van der Waals surface area contributed by atoms with E-state index in [0.29, 0.717) is 11.4 Å². The van der Waals surface area contributed by atoms with Gasteiger partial charge in [-0.1, -0.05) is 18.2 Å². The first-order valence-electron chi connectivity index (χ1n) is 6.82. The number of hydrogen-bond donors (Lipinski definition) is 2. The molecule has 2 aromatic rings. The second-order valence-corrected chi connectivity index (χ2v) is 5.56. The van der Waals surface area contributed by atoms with Gasteiger partial charge in [0.2, 0.25) is 5.91 Å². The highest BCUT2D eigenvalue weighted by Crippen LogP contribution is 2.21. The smallest absolute Gasteiger partial charge is 0.233 e. The van der Waals surface area contributed by atoms with Crippen LogP contribution in [0.1, 0.15) is 13.8 Å². The Labute approximate surface area is 124 Å². The number of benzene rings is 2. The molecule has 0 aromatic heterocycles. The van der Waals surface area contributed by atoms with Gasteiger partial charge in [-0.25, -0.2) is 0 Å². The molecule has 0 saturated heterocycles. The molecule has 0 spiro atoms. The van der Waals surface area contributed by atoms with Gasteiger partial charge < -0.3 is 15.8 Å². The van der Waals surface area contributed by atoms with Crippen molar-refractivity contribution < 1.29 is 9.53 Å². The van der Waals surface area contributed by atoms with E-state index >= 15 is 0 Å². The maximum atomic E-state index is 12.3. The highest BCUT2D eigenvalue weighted by atomic mass is 16.5. The lowest BCUT2D eigenvalue weighted by Crippen LogP contribution is -2.36. The summed E-state index contributed by atoms with van der Waals surface area (Å²) in [7, 11) is 0. The first-order valence-corrected chi connectivity index (χ1v) is 6.82. The lowest BCUT2D eigenvalue weighted by atomic mass is 9.93. The third-order valence-corrected chi connectivity index (χ3v) is 3.13. The van der Waals surface area contributed by atoms with Crippen LogP contribution in [0.25, 0.3) is 0 Å². The topological polar surface area (TPSA) is 64.3 Å². The second-order valence-electron chi connectivity index (χ2n) is 5.56. The molecule has 0 radical (unpaired) electrons. The zero-order valence-corrected chi connectivity index (χ0v) is 12.3. The molecular weight excluding hydrogens is 264 g/mol. The summed E-state index contributed by atoms with van der Waals surface area (Å²) in [6.45, 7) is 3.99. The third kappa shape index (κ3) is 4.24. The summed E-state index contributed by atoms with van der Waals surface area (Å²) in [6, 6.07) is 16.5. The predicted octanol–water partition coefficient (Wildman–Crippen LogP) is 3.31. The van der Waals surface area contributed by atoms with Crippen molar-refractivity contribution in [2.75, 3.05) is 17.7 Å². The Bertz CT molecular complexity index is 592. The Kier molecular flexibility index (Phi) is 4.48. The van der Waals surface area contributed by atoms with E-state index in [1.54, 1.807) is 24.3 Å². The van der Waals surface area contributed by atoms with Gasteiger partial charge in [0.15, 0.2) is 0 Å². The van der Waals surface area contributed by atoms with Crippen LogP contribution >= 0.6 is 0 Å². The summed E-state index contributed by atoms with van der Waals surface area (Å²) in [5.41, 5.74) is 6.45. The summed E-state index contributed by atoms with van der Waals surface area (Å²) < 4.78 is 5.67. The van der Waals surface area contributed by atoms with Gasteiger partial charge in [-0.15, -0.1) is 0 Å². The number of anilines is 2. The van der Waals surface area contributed by atoms with Crippen molar-refractivity contribution in [3.05, 3.63) is 54.6 Å². The van der Waals surface area contributed by atoms with Gasteiger partial charge in [-0.05, 0) is 50.2 Å². The van der Waals surface area contributed by atoms with E-state index in [9.17, 15) is 4.79 Å². The molecule has 0 aliphatic rings. The van der Waals surface area contributed by atoms with Crippen LogP contribution in [0.2, 0.25) is 0 Å². The molecule has 0 unspecified atom stereocenters. The number of carbonyl (C=O) groups excluding carboxylic acids is 1. The fraction of sp³-hybridized carbons (Fsp3) is 0.235. The Morgan fingerprint density at radius 1 is 1.10 bits per heavy atom. The molecule has 0 atom stereocenters. The van der Waals surface area contributed by atoms with Crippen molar-refractivity contribution in [2.45, 2.75) is 13.8 Å². The molecule has 3 N–H and O–H groups in total. The molecular formula is C17H20N2O2. The van der Waals surface area contributed by atoms with Crippen molar-refractivity contribution in [2.24, 2.45) is 5.41 Å². The number of para-hydroxylation sites is 1. The Morgan fingerprint density at radius 3 is 2.33 bits per heavy atom. The van der Waals surface area contributed by atoms with Crippen LogP contribution < -0.4 is 15.8 Å². The van der Waals surface area contributed by atoms with Crippen molar-refractivity contribution in [3.8, 4) is 5.75 Å². The summed E-state index contributed by atoms with van der Waals surface area (Å²) in [4.78, 5) is 12.3. The third-order valence-electron chi connectivity index (χ3n) is 3.13. The van der Waals surface area contributed by atoms with Crippen LogP contribution in [0.5, 0.6) is 5.75 Å². The quantitative estimate of drug-likeness (QED) is 0.828. The minimum absolute atomic E-state index is 0.0795. The van der Waals surface area contributed by atoms with Crippen molar-refractivity contribution in [3.63, 3.8) is 0 Å². The van der Waals surface area contributed by atoms with E-state index in [4.69, 9.17) is 10.5 Å². The van der Waals surface area contributed by atoms with Gasteiger partial charge in [0, 0.05) is 11.4 Å². The average Bonchev–Trinajstić information content (AvgIpc) is 2.48. The van der Waals surface area contributed by atoms with E-state index < -0.39 is 5.41 Å². The normalized spacial score (nSPS) is 11.0. The lowest BCUT2D eigenvalue weighted by Gasteiger charge is -2.23. The Hall–Kier alpha value is -2.49. The lowest BCUT2D eigenvalue weighted by molar-refractivity contribution is -0.125. The van der Waals surface area contributed by atoms with Crippen LogP contribution in [-0.4, -0.2) is 12.5 Å². The van der Waals surface area contributed by atoms with Crippen LogP contribution in [0.15, 0.2) is 54.6 Å². The van der Waals surface area contributed by atoms with Gasteiger partial charge in [0.25, 0.3) is 0 Å². The standard InChI is InChI=1S/C17H20N2O2/c1-17(2,12-21-15-10-8-13(18)9-11-15)16(20)19-14-6-4-3-5-7-14/h3-11H,12,18H2,1-2H3,(H,19,20). The van der Waals surface area contributed by atoms with E-state index in [2.05, 4.69) is 5.32 Å². The molecule has 0 bridgehead atoms. The number of rotatable bonds is 5. The number of ether oxygens (including phenoxy) is 1. The fourth-order valence-electron chi connectivity index (χ4n) is 1.72. The maximum absolute atomic E-state index is 12.3. The SMILES string of the molecule is CC(C)(COc1ccc(N)cc1)C(=O)Nc1ccccc1. The first-order chi connectivity index (χ1) is 9.97. The summed E-state index contributed by atoms with van der Waals surface area (Å²) >= 11 is 0. The molecule has 0 fully saturated rings. The molecule has 0 saturated carbocycles. The number of nitrogen functional groups attached to an aromatic ring is 1. The fourth-order valence-corrected chi connectivity index (χ4v) is 1.72. The predicted molar refractivity (Wildman–Crippen MR) is 85.2 cm³/mol. The van der Waals surface area contributed by atoms with Gasteiger partial charge in [-0.3, -0.25) is 4.79 Å². The molecule has 4 nitrogen and oxygen atoms in total. The summed E-state index contributed by atoms with van der Waals surface area (Å²) in [5.74, 6) is 0.619. The molecule has 2 aromatic carbocycles. The molecule has 110 valence electrons. The van der Waals surface area contributed by atoms with Gasteiger partial charge in [-0.2, -0.15) is 0 Å². The number of nitrogens with two attached hydrogens (primary N) is 1. The second kappa shape index (κ2) is 6.31. The van der Waals surface area contributed by atoms with Gasteiger partial charge >= 0.3 is 0 Å². The van der Waals surface area contributed by atoms with Gasteiger partial charge in [0.1, 0.15) is 12.4 Å². The van der Waals surface area contributed by atoms with E-state index in [0.717, 1.165) is 5.69 Å².